The Morgan fingerprint density at radius 3 is 2.70 bits per heavy atom. The number of rotatable bonds is 5. The van der Waals surface area contributed by atoms with Gasteiger partial charge >= 0.3 is 6.03 Å². The second-order valence-electron chi connectivity index (χ2n) is 7.50. The van der Waals surface area contributed by atoms with Gasteiger partial charge in [-0.2, -0.15) is 0 Å². The molecule has 0 spiro atoms. The minimum Gasteiger partial charge on any atom is -0.378 e. The van der Waals surface area contributed by atoms with E-state index < -0.39 is 0 Å². The molecule has 1 saturated carbocycles. The summed E-state index contributed by atoms with van der Waals surface area (Å²) in [6, 6.07) is 1.35. The Bertz CT molecular complexity index is 384. The van der Waals surface area contributed by atoms with Crippen LogP contribution in [0.25, 0.3) is 0 Å². The molecule has 2 saturated heterocycles. The molecule has 0 aromatic rings. The van der Waals surface area contributed by atoms with E-state index in [-0.39, 0.29) is 6.03 Å². The molecule has 0 radical (unpaired) electrons. The van der Waals surface area contributed by atoms with E-state index in [9.17, 15) is 4.79 Å². The van der Waals surface area contributed by atoms with Crippen molar-refractivity contribution in [2.24, 2.45) is 0 Å². The molecule has 0 aromatic heterocycles. The molecule has 3 rings (SSSR count). The molecule has 2 bridgehead atoms. The monoisotopic (exact) mass is 323 g/mol. The van der Waals surface area contributed by atoms with Crippen molar-refractivity contribution in [3.8, 4) is 0 Å². The zero-order chi connectivity index (χ0) is 16.1. The van der Waals surface area contributed by atoms with Crippen molar-refractivity contribution in [3.05, 3.63) is 0 Å². The van der Waals surface area contributed by atoms with E-state index in [1.54, 1.807) is 0 Å². The number of amides is 2. The van der Waals surface area contributed by atoms with E-state index in [2.05, 4.69) is 17.3 Å². The Balaban J connectivity index is 1.30. The topological polar surface area (TPSA) is 44.8 Å². The Labute approximate surface area is 140 Å². The third-order valence-corrected chi connectivity index (χ3v) is 5.94. The summed E-state index contributed by atoms with van der Waals surface area (Å²) in [6.07, 6.45) is 11.5. The van der Waals surface area contributed by atoms with Crippen LogP contribution in [-0.2, 0) is 4.74 Å². The van der Waals surface area contributed by atoms with Gasteiger partial charge < -0.3 is 15.0 Å². The number of carbonyl (C=O) groups excluding carboxylic acids is 1. The Hall–Kier alpha value is -0.810. The molecular formula is C18H33N3O2. The first-order valence-electron chi connectivity index (χ1n) is 9.60. The number of nitrogens with one attached hydrogen (secondary N) is 1. The normalized spacial score (nSPS) is 29.5. The van der Waals surface area contributed by atoms with Crippen LogP contribution in [0.3, 0.4) is 0 Å². The molecule has 2 atom stereocenters. The molecule has 2 aliphatic heterocycles. The number of carbonyl (C=O) groups is 1. The molecule has 132 valence electrons. The van der Waals surface area contributed by atoms with Gasteiger partial charge in [-0.1, -0.05) is 19.3 Å². The fourth-order valence-electron chi connectivity index (χ4n) is 4.35. The smallest absolute Gasteiger partial charge is 0.317 e. The van der Waals surface area contributed by atoms with Crippen molar-refractivity contribution in [3.63, 3.8) is 0 Å². The molecule has 1 N–H and O–H groups in total. The second kappa shape index (κ2) is 8.34. The summed E-state index contributed by atoms with van der Waals surface area (Å²) in [7, 11) is 2.21. The molecule has 5 nitrogen and oxygen atoms in total. The van der Waals surface area contributed by atoms with Crippen LogP contribution in [0, 0.1) is 0 Å². The fraction of sp³-hybridized carbons (Fsp3) is 0.944. The van der Waals surface area contributed by atoms with Crippen LogP contribution in [0.15, 0.2) is 0 Å². The third kappa shape index (κ3) is 4.60. The number of fused-ring (bicyclic) bond motifs is 2. The lowest BCUT2D eigenvalue weighted by Gasteiger charge is -2.26. The highest BCUT2D eigenvalue weighted by Gasteiger charge is 2.35. The van der Waals surface area contributed by atoms with Crippen LogP contribution >= 0.6 is 0 Å². The molecule has 2 unspecified atom stereocenters. The highest BCUT2D eigenvalue weighted by atomic mass is 16.5. The summed E-state index contributed by atoms with van der Waals surface area (Å²) in [6.45, 7) is 3.29. The summed E-state index contributed by atoms with van der Waals surface area (Å²) < 4.78 is 5.91. The maximum Gasteiger partial charge on any atom is 0.317 e. The zero-order valence-electron chi connectivity index (χ0n) is 14.6. The molecule has 1 aliphatic carbocycles. The van der Waals surface area contributed by atoms with Gasteiger partial charge in [0.25, 0.3) is 0 Å². The van der Waals surface area contributed by atoms with Gasteiger partial charge in [-0.3, -0.25) is 4.90 Å². The first-order chi connectivity index (χ1) is 11.2. The van der Waals surface area contributed by atoms with Gasteiger partial charge in [-0.15, -0.1) is 0 Å². The van der Waals surface area contributed by atoms with Crippen molar-refractivity contribution in [2.75, 3.05) is 33.3 Å². The van der Waals surface area contributed by atoms with Crippen LogP contribution in [0.2, 0.25) is 0 Å². The molecule has 3 aliphatic rings. The minimum atomic E-state index is 0.114. The SMILES string of the molecule is CN1C2CCC1CN(C(=O)NCCCOC1CCCCC1)CC2. The molecule has 23 heavy (non-hydrogen) atoms. The Kier molecular flexibility index (Phi) is 6.17. The Morgan fingerprint density at radius 1 is 1.09 bits per heavy atom. The molecule has 0 aromatic carbocycles. The zero-order valence-corrected chi connectivity index (χ0v) is 14.6. The van der Waals surface area contributed by atoms with E-state index in [0.717, 1.165) is 39.1 Å². The van der Waals surface area contributed by atoms with Gasteiger partial charge in [0, 0.05) is 38.3 Å². The van der Waals surface area contributed by atoms with Crippen molar-refractivity contribution in [1.82, 2.24) is 15.1 Å². The van der Waals surface area contributed by atoms with Crippen LogP contribution in [0.5, 0.6) is 0 Å². The van der Waals surface area contributed by atoms with Gasteiger partial charge in [-0.05, 0) is 45.6 Å². The van der Waals surface area contributed by atoms with Gasteiger partial charge in [0.15, 0.2) is 0 Å². The Morgan fingerprint density at radius 2 is 1.87 bits per heavy atom. The van der Waals surface area contributed by atoms with Gasteiger partial charge in [0.05, 0.1) is 6.10 Å². The highest BCUT2D eigenvalue weighted by molar-refractivity contribution is 5.74. The average Bonchev–Trinajstić information content (AvgIpc) is 2.80. The van der Waals surface area contributed by atoms with E-state index >= 15 is 0 Å². The van der Waals surface area contributed by atoms with Crippen LogP contribution < -0.4 is 5.32 Å². The molecular weight excluding hydrogens is 290 g/mol. The fourth-order valence-corrected chi connectivity index (χ4v) is 4.35. The minimum absolute atomic E-state index is 0.114. The maximum atomic E-state index is 12.4. The first kappa shape index (κ1) is 17.0. The maximum absolute atomic E-state index is 12.4. The average molecular weight is 323 g/mol. The second-order valence-corrected chi connectivity index (χ2v) is 7.50. The molecule has 3 fully saturated rings. The lowest BCUT2D eigenvalue weighted by molar-refractivity contribution is 0.0274. The number of nitrogens with zero attached hydrogens (tertiary/aromatic N) is 2. The van der Waals surface area contributed by atoms with E-state index in [4.69, 9.17) is 4.74 Å². The summed E-state index contributed by atoms with van der Waals surface area (Å²) in [5, 5.41) is 3.08. The summed E-state index contributed by atoms with van der Waals surface area (Å²) in [5.41, 5.74) is 0. The number of urea groups is 1. The number of likely N-dealkylation sites (N-methyl/N-ethyl adjacent to an activating group) is 1. The lowest BCUT2D eigenvalue weighted by Crippen LogP contribution is -2.45. The number of hydrogen-bond donors (Lipinski definition) is 1. The summed E-state index contributed by atoms with van der Waals surface area (Å²) in [5.74, 6) is 0. The molecule has 2 amide bonds. The predicted octanol–water partition coefficient (Wildman–Crippen LogP) is 2.60. The van der Waals surface area contributed by atoms with E-state index in [0.29, 0.717) is 18.2 Å². The van der Waals surface area contributed by atoms with Crippen molar-refractivity contribution >= 4 is 6.03 Å². The highest BCUT2D eigenvalue weighted by Crippen LogP contribution is 2.28. The summed E-state index contributed by atoms with van der Waals surface area (Å²) >= 11 is 0. The van der Waals surface area contributed by atoms with E-state index in [1.165, 1.54) is 44.9 Å². The summed E-state index contributed by atoms with van der Waals surface area (Å²) in [4.78, 5) is 16.8. The third-order valence-electron chi connectivity index (χ3n) is 5.94. The van der Waals surface area contributed by atoms with Crippen LogP contribution in [0.1, 0.15) is 57.8 Å². The van der Waals surface area contributed by atoms with Crippen molar-refractivity contribution in [2.45, 2.75) is 76.0 Å². The first-order valence-corrected chi connectivity index (χ1v) is 9.60. The predicted molar refractivity (Wildman–Crippen MR) is 91.6 cm³/mol. The van der Waals surface area contributed by atoms with E-state index in [1.807, 2.05) is 4.90 Å². The van der Waals surface area contributed by atoms with Crippen LogP contribution in [-0.4, -0.2) is 67.3 Å². The number of ether oxygens (including phenoxy) is 1. The quantitative estimate of drug-likeness (QED) is 0.791. The molecule has 5 heteroatoms. The van der Waals surface area contributed by atoms with Gasteiger partial charge in [-0.25, -0.2) is 4.79 Å². The largest absolute Gasteiger partial charge is 0.378 e. The number of hydrogen-bond acceptors (Lipinski definition) is 3. The van der Waals surface area contributed by atoms with Crippen LogP contribution in [0.4, 0.5) is 4.79 Å². The van der Waals surface area contributed by atoms with Crippen molar-refractivity contribution in [1.29, 1.82) is 0 Å². The van der Waals surface area contributed by atoms with Crippen molar-refractivity contribution < 1.29 is 9.53 Å². The van der Waals surface area contributed by atoms with Gasteiger partial charge in [0.2, 0.25) is 0 Å². The van der Waals surface area contributed by atoms with Gasteiger partial charge in [0.1, 0.15) is 0 Å². The lowest BCUT2D eigenvalue weighted by atomic mass is 9.98. The standard InChI is InChI=1S/C18H33N3O2/c1-20-15-8-9-16(20)14-21(12-10-15)18(22)19-11-5-13-23-17-6-3-2-4-7-17/h15-17H,2-14H2,1H3,(H,19,22). The molecule has 2 heterocycles. The number of likely N-dealkylation sites (tertiary alicyclic amines) is 1.